The van der Waals surface area contributed by atoms with Gasteiger partial charge in [-0.25, -0.2) is 0 Å². The van der Waals surface area contributed by atoms with Crippen LogP contribution in [0.15, 0.2) is 83.5 Å². The van der Waals surface area contributed by atoms with E-state index in [0.717, 1.165) is 25.0 Å². The molecule has 0 aliphatic rings. The summed E-state index contributed by atoms with van der Waals surface area (Å²) < 4.78 is 12.4. The summed E-state index contributed by atoms with van der Waals surface area (Å²) in [5, 5.41) is 13.3. The predicted octanol–water partition coefficient (Wildman–Crippen LogP) is 5.18. The summed E-state index contributed by atoms with van der Waals surface area (Å²) in [4.78, 5) is 0. The van der Waals surface area contributed by atoms with Gasteiger partial charge in [0.05, 0.1) is 12.4 Å². The van der Waals surface area contributed by atoms with Crippen molar-refractivity contribution in [1.82, 2.24) is 0 Å². The van der Waals surface area contributed by atoms with Gasteiger partial charge in [0.2, 0.25) is 0 Å². The van der Waals surface area contributed by atoms with E-state index < -0.39 is 14.4 Å². The van der Waals surface area contributed by atoms with Gasteiger partial charge >= 0.3 is 0 Å². The van der Waals surface area contributed by atoms with Gasteiger partial charge in [0, 0.05) is 18.9 Å². The summed E-state index contributed by atoms with van der Waals surface area (Å²) in [5.74, 6) is 1.03. The van der Waals surface area contributed by atoms with Gasteiger partial charge in [-0.1, -0.05) is 88.4 Å². The molecule has 2 atom stereocenters. The van der Waals surface area contributed by atoms with Crippen molar-refractivity contribution in [2.75, 3.05) is 6.61 Å². The Morgan fingerprint density at radius 2 is 1.48 bits per heavy atom. The number of rotatable bonds is 10. The number of furan rings is 1. The van der Waals surface area contributed by atoms with Crippen molar-refractivity contribution in [3.63, 3.8) is 0 Å². The molecule has 0 fully saturated rings. The normalized spacial score (nSPS) is 14.4. The van der Waals surface area contributed by atoms with Crippen LogP contribution >= 0.6 is 0 Å². The molecule has 1 heterocycles. The van der Waals surface area contributed by atoms with Crippen LogP contribution in [0.25, 0.3) is 0 Å². The lowest BCUT2D eigenvalue weighted by atomic mass is 10.0. The quantitative estimate of drug-likeness (QED) is 0.446. The molecule has 0 unspecified atom stereocenters. The van der Waals surface area contributed by atoms with Crippen LogP contribution in [0.1, 0.15) is 46.3 Å². The van der Waals surface area contributed by atoms with Crippen LogP contribution in [-0.2, 0) is 10.8 Å². The molecule has 3 rings (SSSR count). The lowest BCUT2D eigenvalue weighted by Crippen LogP contribution is -2.67. The average Bonchev–Trinajstić information content (AvgIpc) is 3.28. The second kappa shape index (κ2) is 10.4. The zero-order chi connectivity index (χ0) is 22.3. The zero-order valence-electron chi connectivity index (χ0n) is 19.3. The number of aliphatic hydroxyl groups is 1. The molecule has 0 spiro atoms. The van der Waals surface area contributed by atoms with Crippen molar-refractivity contribution in [2.24, 2.45) is 5.92 Å². The Balaban J connectivity index is 1.77. The lowest BCUT2D eigenvalue weighted by Gasteiger charge is -2.43. The standard InChI is InChI=1S/C27H36O3Si/c1-22(26(28)19-11-13-23-14-12-20-29-23)21-30-31(27(2,3)4,24-15-7-5-8-16-24)25-17-9-6-10-18-25/h5-10,12,14-18,20,22,26,28H,11,13,19,21H2,1-4H3/t22-,26-/m0/s1. The highest BCUT2D eigenvalue weighted by Gasteiger charge is 2.50. The number of hydrogen-bond acceptors (Lipinski definition) is 3. The molecule has 166 valence electrons. The minimum atomic E-state index is -2.56. The SMILES string of the molecule is C[C@@H](CO[Si](c1ccccc1)(c1ccccc1)C(C)(C)C)[C@@H](O)CCCc1ccco1. The Kier molecular flexibility index (Phi) is 7.93. The van der Waals surface area contributed by atoms with E-state index in [9.17, 15) is 5.11 Å². The summed E-state index contributed by atoms with van der Waals surface area (Å²) in [7, 11) is -2.56. The number of benzene rings is 2. The molecule has 1 N–H and O–H groups in total. The van der Waals surface area contributed by atoms with Crippen LogP contribution < -0.4 is 10.4 Å². The first-order chi connectivity index (χ1) is 14.8. The van der Waals surface area contributed by atoms with E-state index in [-0.39, 0.29) is 11.0 Å². The fraction of sp³-hybridized carbons (Fsp3) is 0.407. The van der Waals surface area contributed by atoms with Gasteiger partial charge in [0.1, 0.15) is 5.76 Å². The van der Waals surface area contributed by atoms with Gasteiger partial charge < -0.3 is 13.9 Å². The maximum Gasteiger partial charge on any atom is 0.261 e. The molecule has 0 radical (unpaired) electrons. The van der Waals surface area contributed by atoms with E-state index in [0.29, 0.717) is 6.61 Å². The third-order valence-corrected chi connectivity index (χ3v) is 11.1. The summed E-state index contributed by atoms with van der Waals surface area (Å²) in [6.45, 7) is 9.47. The van der Waals surface area contributed by atoms with Gasteiger partial charge in [0.15, 0.2) is 0 Å². The Hall–Kier alpha value is -2.14. The molecule has 0 saturated heterocycles. The minimum Gasteiger partial charge on any atom is -0.469 e. The summed E-state index contributed by atoms with van der Waals surface area (Å²) in [6.07, 6.45) is 3.80. The fourth-order valence-corrected chi connectivity index (χ4v) is 9.02. The largest absolute Gasteiger partial charge is 0.469 e. The minimum absolute atomic E-state index is 0.0539. The van der Waals surface area contributed by atoms with E-state index in [2.05, 4.69) is 88.4 Å². The number of aryl methyl sites for hydroxylation is 1. The molecule has 3 nitrogen and oxygen atoms in total. The highest BCUT2D eigenvalue weighted by atomic mass is 28.4. The molecule has 4 heteroatoms. The van der Waals surface area contributed by atoms with Crippen LogP contribution in [0, 0.1) is 5.92 Å². The van der Waals surface area contributed by atoms with Gasteiger partial charge in [0.25, 0.3) is 8.32 Å². The van der Waals surface area contributed by atoms with Crippen molar-refractivity contribution in [3.8, 4) is 0 Å². The Labute approximate surface area is 188 Å². The topological polar surface area (TPSA) is 42.6 Å². The Morgan fingerprint density at radius 3 is 1.97 bits per heavy atom. The molecular weight excluding hydrogens is 400 g/mol. The van der Waals surface area contributed by atoms with E-state index in [1.54, 1.807) is 6.26 Å². The average molecular weight is 437 g/mol. The van der Waals surface area contributed by atoms with Crippen molar-refractivity contribution in [2.45, 2.75) is 58.1 Å². The molecule has 0 aliphatic heterocycles. The van der Waals surface area contributed by atoms with Crippen molar-refractivity contribution in [3.05, 3.63) is 84.8 Å². The third kappa shape index (κ3) is 5.56. The maximum atomic E-state index is 10.8. The monoisotopic (exact) mass is 436 g/mol. The number of aliphatic hydroxyl groups excluding tert-OH is 1. The van der Waals surface area contributed by atoms with Crippen LogP contribution in [0.4, 0.5) is 0 Å². The summed E-state index contributed by atoms with van der Waals surface area (Å²) in [6, 6.07) is 25.2. The summed E-state index contributed by atoms with van der Waals surface area (Å²) in [5.41, 5.74) is 0. The smallest absolute Gasteiger partial charge is 0.261 e. The van der Waals surface area contributed by atoms with E-state index in [1.165, 1.54) is 10.4 Å². The first-order valence-electron chi connectivity index (χ1n) is 11.3. The maximum absolute atomic E-state index is 10.8. The second-order valence-electron chi connectivity index (χ2n) is 9.49. The van der Waals surface area contributed by atoms with Crippen LogP contribution in [-0.4, -0.2) is 26.1 Å². The highest BCUT2D eigenvalue weighted by molar-refractivity contribution is 6.99. The van der Waals surface area contributed by atoms with Gasteiger partial charge in [-0.15, -0.1) is 0 Å². The van der Waals surface area contributed by atoms with E-state index in [1.807, 2.05) is 12.1 Å². The molecule has 0 aliphatic carbocycles. The van der Waals surface area contributed by atoms with Crippen molar-refractivity contribution < 1.29 is 13.9 Å². The zero-order valence-corrected chi connectivity index (χ0v) is 20.3. The molecule has 0 amide bonds. The molecule has 0 saturated carbocycles. The molecule has 31 heavy (non-hydrogen) atoms. The first kappa shape index (κ1) is 23.5. The first-order valence-corrected chi connectivity index (χ1v) is 13.2. The molecule has 2 aromatic carbocycles. The predicted molar refractivity (Wildman–Crippen MR) is 130 cm³/mol. The molecule has 0 bridgehead atoms. The van der Waals surface area contributed by atoms with E-state index >= 15 is 0 Å². The summed E-state index contributed by atoms with van der Waals surface area (Å²) >= 11 is 0. The number of hydrogen-bond donors (Lipinski definition) is 1. The van der Waals surface area contributed by atoms with Gasteiger partial charge in [-0.2, -0.15) is 0 Å². The Morgan fingerprint density at radius 1 is 0.903 bits per heavy atom. The van der Waals surface area contributed by atoms with Crippen LogP contribution in [0.2, 0.25) is 5.04 Å². The van der Waals surface area contributed by atoms with E-state index in [4.69, 9.17) is 8.84 Å². The van der Waals surface area contributed by atoms with Gasteiger partial charge in [-0.05, 0) is 40.4 Å². The van der Waals surface area contributed by atoms with Crippen molar-refractivity contribution >= 4 is 18.7 Å². The second-order valence-corrected chi connectivity index (χ2v) is 13.8. The van der Waals surface area contributed by atoms with Gasteiger partial charge in [-0.3, -0.25) is 0 Å². The lowest BCUT2D eigenvalue weighted by molar-refractivity contribution is 0.0729. The molecule has 1 aromatic heterocycles. The highest BCUT2D eigenvalue weighted by Crippen LogP contribution is 2.37. The van der Waals surface area contributed by atoms with Crippen LogP contribution in [0.3, 0.4) is 0 Å². The fourth-order valence-electron chi connectivity index (χ4n) is 4.35. The Bertz CT molecular complexity index is 846. The van der Waals surface area contributed by atoms with Crippen LogP contribution in [0.5, 0.6) is 0 Å². The molecular formula is C27H36O3Si. The third-order valence-electron chi connectivity index (χ3n) is 6.14. The van der Waals surface area contributed by atoms with Crippen molar-refractivity contribution in [1.29, 1.82) is 0 Å². The molecule has 3 aromatic rings.